The van der Waals surface area contributed by atoms with Crippen molar-refractivity contribution in [2.75, 3.05) is 13.6 Å². The molecular formula is C7H14N3O2. The summed E-state index contributed by atoms with van der Waals surface area (Å²) in [7, 11) is 1.34. The summed E-state index contributed by atoms with van der Waals surface area (Å²) < 4.78 is 0. The van der Waals surface area contributed by atoms with Crippen molar-refractivity contribution in [2.24, 2.45) is 11.5 Å². The van der Waals surface area contributed by atoms with E-state index in [0.717, 1.165) is 11.3 Å². The molecule has 0 fully saturated rings. The van der Waals surface area contributed by atoms with E-state index in [0.29, 0.717) is 13.0 Å². The summed E-state index contributed by atoms with van der Waals surface area (Å²) in [5.41, 5.74) is 10.1. The number of urea groups is 1. The molecule has 0 aliphatic carbocycles. The molecule has 0 aromatic heterocycles. The number of primary amides is 1. The van der Waals surface area contributed by atoms with Gasteiger partial charge in [0.15, 0.2) is 0 Å². The number of carbonyl (C=O) groups is 2. The van der Waals surface area contributed by atoms with E-state index >= 15 is 0 Å². The summed E-state index contributed by atoms with van der Waals surface area (Å²) in [6, 6.07) is -0.746. The van der Waals surface area contributed by atoms with Gasteiger partial charge in [0.1, 0.15) is 0 Å². The molecule has 0 saturated heterocycles. The molecule has 5 nitrogen and oxygen atoms in total. The molecule has 4 N–H and O–H groups in total. The van der Waals surface area contributed by atoms with Crippen LogP contribution in [0.4, 0.5) is 4.79 Å². The molecule has 0 aliphatic rings. The van der Waals surface area contributed by atoms with E-state index in [1.54, 1.807) is 0 Å². The van der Waals surface area contributed by atoms with Gasteiger partial charge in [0, 0.05) is 7.05 Å². The van der Waals surface area contributed by atoms with Crippen LogP contribution in [0.1, 0.15) is 12.8 Å². The minimum absolute atomic E-state index is 0.379. The van der Waals surface area contributed by atoms with Crippen molar-refractivity contribution in [3.63, 3.8) is 0 Å². The summed E-state index contributed by atoms with van der Waals surface area (Å²) >= 11 is 0. The first-order valence-corrected chi connectivity index (χ1v) is 3.70. The normalized spacial score (nSPS) is 9.50. The highest BCUT2D eigenvalue weighted by molar-refractivity contribution is 5.97. The van der Waals surface area contributed by atoms with Crippen LogP contribution >= 0.6 is 0 Å². The van der Waals surface area contributed by atoms with Crippen LogP contribution in [-0.4, -0.2) is 30.4 Å². The van der Waals surface area contributed by atoms with Gasteiger partial charge in [0.05, 0.1) is 6.42 Å². The minimum atomic E-state index is -0.746. The van der Waals surface area contributed by atoms with E-state index in [-0.39, 0.29) is 5.91 Å². The molecule has 1 radical (unpaired) electrons. The van der Waals surface area contributed by atoms with Crippen molar-refractivity contribution in [1.82, 2.24) is 4.90 Å². The minimum Gasteiger partial charge on any atom is -0.351 e. The van der Waals surface area contributed by atoms with E-state index in [9.17, 15) is 9.59 Å². The van der Waals surface area contributed by atoms with Crippen LogP contribution in [0.5, 0.6) is 0 Å². The zero-order chi connectivity index (χ0) is 9.56. The highest BCUT2D eigenvalue weighted by Crippen LogP contribution is 1.96. The van der Waals surface area contributed by atoms with Crippen LogP contribution < -0.4 is 11.5 Å². The lowest BCUT2D eigenvalue weighted by Gasteiger charge is -2.10. The Balaban J connectivity index is 3.65. The molecule has 12 heavy (non-hydrogen) atoms. The highest BCUT2D eigenvalue weighted by Gasteiger charge is 2.12. The van der Waals surface area contributed by atoms with Crippen molar-refractivity contribution in [1.29, 1.82) is 0 Å². The number of hydrogen-bond donors (Lipinski definition) is 2. The van der Waals surface area contributed by atoms with Crippen molar-refractivity contribution in [2.45, 2.75) is 12.8 Å². The SMILES string of the molecule is CN(C(N)=O)C(=O)[CH]CCCN. The summed E-state index contributed by atoms with van der Waals surface area (Å²) in [6.07, 6.45) is 2.71. The average molecular weight is 172 g/mol. The number of nitrogens with zero attached hydrogens (tertiary/aromatic N) is 1. The van der Waals surface area contributed by atoms with Crippen molar-refractivity contribution in [3.05, 3.63) is 6.42 Å². The summed E-state index contributed by atoms with van der Waals surface area (Å²) in [6.45, 7) is 0.532. The third kappa shape index (κ3) is 3.92. The zero-order valence-corrected chi connectivity index (χ0v) is 7.12. The average Bonchev–Trinajstić information content (AvgIpc) is 2.03. The molecule has 0 bridgehead atoms. The quantitative estimate of drug-likeness (QED) is 0.558. The standard InChI is InChI=1S/C7H14N3O2/c1-10(7(9)12)6(11)4-2-3-5-8/h4H,2-3,5,8H2,1H3,(H2,9,12). The molecule has 0 rings (SSSR count). The Morgan fingerprint density at radius 1 is 1.50 bits per heavy atom. The number of unbranched alkanes of at least 4 members (excludes halogenated alkanes) is 1. The Morgan fingerprint density at radius 2 is 2.08 bits per heavy atom. The van der Waals surface area contributed by atoms with Crippen molar-refractivity contribution < 1.29 is 9.59 Å². The Bertz CT molecular complexity index is 170. The molecule has 0 atom stereocenters. The molecule has 0 heterocycles. The maximum absolute atomic E-state index is 11.0. The van der Waals surface area contributed by atoms with Crippen LogP contribution in [0.25, 0.3) is 0 Å². The van der Waals surface area contributed by atoms with Crippen molar-refractivity contribution in [3.8, 4) is 0 Å². The molecule has 0 aromatic carbocycles. The molecule has 0 unspecified atom stereocenters. The van der Waals surface area contributed by atoms with Gasteiger partial charge in [0.25, 0.3) is 0 Å². The van der Waals surface area contributed by atoms with E-state index in [1.165, 1.54) is 13.5 Å². The lowest BCUT2D eigenvalue weighted by atomic mass is 10.2. The number of amides is 3. The third-order valence-electron chi connectivity index (χ3n) is 1.39. The number of carbonyl (C=O) groups excluding carboxylic acids is 2. The molecule has 0 aliphatic heterocycles. The second-order valence-corrected chi connectivity index (χ2v) is 2.37. The van der Waals surface area contributed by atoms with Gasteiger partial charge in [-0.25, -0.2) is 4.79 Å². The number of rotatable bonds is 4. The number of nitrogens with two attached hydrogens (primary N) is 2. The van der Waals surface area contributed by atoms with Gasteiger partial charge in [-0.15, -0.1) is 0 Å². The highest BCUT2D eigenvalue weighted by atomic mass is 16.2. The van der Waals surface area contributed by atoms with Gasteiger partial charge in [-0.2, -0.15) is 0 Å². The van der Waals surface area contributed by atoms with E-state index < -0.39 is 6.03 Å². The molecule has 0 spiro atoms. The molecular weight excluding hydrogens is 158 g/mol. The molecule has 5 heteroatoms. The fraction of sp³-hybridized carbons (Fsp3) is 0.571. The number of imide groups is 1. The first-order chi connectivity index (χ1) is 5.59. The Labute approximate surface area is 71.7 Å². The molecule has 0 aromatic rings. The largest absolute Gasteiger partial charge is 0.351 e. The van der Waals surface area contributed by atoms with Gasteiger partial charge < -0.3 is 11.5 Å². The topological polar surface area (TPSA) is 89.4 Å². The van der Waals surface area contributed by atoms with Crippen LogP contribution in [0.15, 0.2) is 0 Å². The zero-order valence-electron chi connectivity index (χ0n) is 7.12. The van der Waals surface area contributed by atoms with E-state index in [4.69, 9.17) is 11.5 Å². The summed E-state index contributed by atoms with van der Waals surface area (Å²) in [4.78, 5) is 22.3. The summed E-state index contributed by atoms with van der Waals surface area (Å²) in [5, 5.41) is 0. The van der Waals surface area contributed by atoms with Crippen LogP contribution in [0, 0.1) is 6.42 Å². The van der Waals surface area contributed by atoms with E-state index in [2.05, 4.69) is 0 Å². The Kier molecular flexibility index (Phi) is 5.03. The molecule has 3 amide bonds. The maximum Gasteiger partial charge on any atom is 0.321 e. The van der Waals surface area contributed by atoms with Gasteiger partial charge >= 0.3 is 6.03 Å². The second-order valence-electron chi connectivity index (χ2n) is 2.37. The summed E-state index contributed by atoms with van der Waals surface area (Å²) in [5.74, 6) is -0.379. The Hall–Kier alpha value is -1.10. The van der Waals surface area contributed by atoms with Crippen LogP contribution in [0.3, 0.4) is 0 Å². The predicted molar refractivity (Wildman–Crippen MR) is 44.9 cm³/mol. The fourth-order valence-corrected chi connectivity index (χ4v) is 0.589. The lowest BCUT2D eigenvalue weighted by molar-refractivity contribution is -0.123. The smallest absolute Gasteiger partial charge is 0.321 e. The maximum atomic E-state index is 11.0. The van der Waals surface area contributed by atoms with Gasteiger partial charge in [-0.05, 0) is 19.4 Å². The van der Waals surface area contributed by atoms with Gasteiger partial charge in [0.2, 0.25) is 5.91 Å². The van der Waals surface area contributed by atoms with E-state index in [1.807, 2.05) is 0 Å². The van der Waals surface area contributed by atoms with Gasteiger partial charge in [-0.3, -0.25) is 9.69 Å². The first kappa shape index (κ1) is 10.9. The van der Waals surface area contributed by atoms with Crippen LogP contribution in [0.2, 0.25) is 0 Å². The molecule has 69 valence electrons. The Morgan fingerprint density at radius 3 is 2.50 bits per heavy atom. The first-order valence-electron chi connectivity index (χ1n) is 3.70. The fourth-order valence-electron chi connectivity index (χ4n) is 0.589. The second kappa shape index (κ2) is 5.54. The predicted octanol–water partition coefficient (Wildman–Crippen LogP) is -0.533. The molecule has 0 saturated carbocycles. The van der Waals surface area contributed by atoms with Crippen LogP contribution in [-0.2, 0) is 4.79 Å². The van der Waals surface area contributed by atoms with Crippen molar-refractivity contribution >= 4 is 11.9 Å². The number of hydrogen-bond acceptors (Lipinski definition) is 3. The third-order valence-corrected chi connectivity index (χ3v) is 1.39. The lowest BCUT2D eigenvalue weighted by Crippen LogP contribution is -2.37. The van der Waals surface area contributed by atoms with Gasteiger partial charge in [-0.1, -0.05) is 0 Å². The monoisotopic (exact) mass is 172 g/mol.